The Balaban J connectivity index is 0.00000392. The smallest absolute Gasteiger partial charge is 0.239 e. The van der Waals surface area contributed by atoms with E-state index in [9.17, 15) is 9.18 Å². The number of halogens is 2. The Kier molecular flexibility index (Phi) is 11.4. The molecule has 1 heterocycles. The van der Waals surface area contributed by atoms with E-state index < -0.39 is 0 Å². The van der Waals surface area contributed by atoms with E-state index in [2.05, 4.69) is 20.5 Å². The lowest BCUT2D eigenvalue weighted by Crippen LogP contribution is -2.44. The van der Waals surface area contributed by atoms with E-state index in [1.165, 1.54) is 12.1 Å². The van der Waals surface area contributed by atoms with Crippen molar-refractivity contribution >= 4 is 35.8 Å². The summed E-state index contributed by atoms with van der Waals surface area (Å²) in [6.45, 7) is 3.44. The molecule has 2 rings (SSSR count). The Labute approximate surface area is 185 Å². The highest BCUT2D eigenvalue weighted by atomic mass is 127. The van der Waals surface area contributed by atoms with Gasteiger partial charge in [0, 0.05) is 40.8 Å². The third-order valence-corrected chi connectivity index (χ3v) is 4.85. The number of rotatable bonds is 8. The quantitative estimate of drug-likeness (QED) is 0.246. The van der Waals surface area contributed by atoms with Crippen LogP contribution in [0.25, 0.3) is 0 Å². The molecule has 0 aliphatic carbocycles. The van der Waals surface area contributed by atoms with Crippen molar-refractivity contribution in [3.05, 3.63) is 35.6 Å². The van der Waals surface area contributed by atoms with Crippen LogP contribution >= 0.6 is 24.0 Å². The predicted molar refractivity (Wildman–Crippen MR) is 123 cm³/mol. The van der Waals surface area contributed by atoms with E-state index >= 15 is 0 Å². The zero-order valence-electron chi connectivity index (χ0n) is 17.1. The van der Waals surface area contributed by atoms with Crippen molar-refractivity contribution in [1.29, 1.82) is 0 Å². The van der Waals surface area contributed by atoms with Gasteiger partial charge in [-0.05, 0) is 49.9 Å². The van der Waals surface area contributed by atoms with Crippen molar-refractivity contribution in [1.82, 2.24) is 20.4 Å². The number of aliphatic imine (C=N–C) groups is 1. The molecule has 1 atom stereocenters. The molecule has 0 radical (unpaired) electrons. The monoisotopic (exact) mass is 505 g/mol. The number of likely N-dealkylation sites (tertiary alicyclic amines) is 1. The number of carbonyl (C=O) groups is 1. The normalized spacial score (nSPS) is 17.1. The molecule has 1 unspecified atom stereocenters. The number of nitrogens with one attached hydrogen (secondary N) is 2. The number of likely N-dealkylation sites (N-methyl/N-ethyl adjacent to an activating group) is 1. The molecule has 2 N–H and O–H groups in total. The summed E-state index contributed by atoms with van der Waals surface area (Å²) in [5.74, 6) is 0.759. The van der Waals surface area contributed by atoms with E-state index in [0.29, 0.717) is 0 Å². The zero-order valence-corrected chi connectivity index (χ0v) is 19.4. The highest BCUT2D eigenvalue weighted by Crippen LogP contribution is 2.18. The number of nitrogens with zero attached hydrogens (tertiary/aromatic N) is 3. The van der Waals surface area contributed by atoms with Gasteiger partial charge < -0.3 is 15.5 Å². The van der Waals surface area contributed by atoms with Gasteiger partial charge in [0.25, 0.3) is 0 Å². The summed E-state index contributed by atoms with van der Waals surface area (Å²) >= 11 is 0. The van der Waals surface area contributed by atoms with E-state index in [0.717, 1.165) is 63.4 Å². The minimum absolute atomic E-state index is 0. The molecule has 1 amide bonds. The summed E-state index contributed by atoms with van der Waals surface area (Å²) in [5, 5.41) is 6.59. The Bertz CT molecular complexity index is 624. The Morgan fingerprint density at radius 1 is 1.25 bits per heavy atom. The van der Waals surface area contributed by atoms with E-state index in [-0.39, 0.29) is 41.7 Å². The second-order valence-electron chi connectivity index (χ2n) is 7.08. The molecule has 0 aromatic heterocycles. The number of amides is 1. The van der Waals surface area contributed by atoms with Gasteiger partial charge in [0.2, 0.25) is 5.91 Å². The summed E-state index contributed by atoms with van der Waals surface area (Å²) in [7, 11) is 5.39. The van der Waals surface area contributed by atoms with Gasteiger partial charge in [0.1, 0.15) is 5.82 Å². The van der Waals surface area contributed by atoms with E-state index in [1.807, 2.05) is 14.1 Å². The molecule has 158 valence electrons. The first-order chi connectivity index (χ1) is 13.0. The molecular formula is C20H33FIN5O. The largest absolute Gasteiger partial charge is 0.356 e. The molecule has 0 spiro atoms. The van der Waals surface area contributed by atoms with Gasteiger partial charge in [-0.2, -0.15) is 0 Å². The third-order valence-electron chi connectivity index (χ3n) is 4.85. The lowest BCUT2D eigenvalue weighted by Gasteiger charge is -2.26. The van der Waals surface area contributed by atoms with Gasteiger partial charge in [-0.25, -0.2) is 4.39 Å². The fraction of sp³-hybridized carbons (Fsp3) is 0.600. The highest BCUT2D eigenvalue weighted by Gasteiger charge is 2.30. The topological polar surface area (TPSA) is 60.0 Å². The van der Waals surface area contributed by atoms with Gasteiger partial charge in [-0.15, -0.1) is 24.0 Å². The summed E-state index contributed by atoms with van der Waals surface area (Å²) in [4.78, 5) is 20.4. The van der Waals surface area contributed by atoms with Crippen LogP contribution < -0.4 is 10.6 Å². The number of hydrogen-bond donors (Lipinski definition) is 2. The first-order valence-corrected chi connectivity index (χ1v) is 9.65. The maximum Gasteiger partial charge on any atom is 0.239 e. The van der Waals surface area contributed by atoms with Gasteiger partial charge in [0.05, 0.1) is 6.04 Å². The lowest BCUT2D eigenvalue weighted by molar-refractivity contribution is -0.133. The van der Waals surface area contributed by atoms with Crippen molar-refractivity contribution in [3.8, 4) is 0 Å². The van der Waals surface area contributed by atoms with Crippen LogP contribution in [0, 0.1) is 5.82 Å². The van der Waals surface area contributed by atoms with E-state index in [1.54, 1.807) is 24.1 Å². The van der Waals surface area contributed by atoms with Gasteiger partial charge in [0.15, 0.2) is 5.96 Å². The zero-order chi connectivity index (χ0) is 19.6. The van der Waals surface area contributed by atoms with Crippen molar-refractivity contribution < 1.29 is 9.18 Å². The fourth-order valence-corrected chi connectivity index (χ4v) is 3.36. The fourth-order valence-electron chi connectivity index (χ4n) is 3.36. The van der Waals surface area contributed by atoms with Crippen LogP contribution in [0.1, 0.15) is 24.8 Å². The molecule has 1 fully saturated rings. The molecule has 1 saturated heterocycles. The van der Waals surface area contributed by atoms with Crippen LogP contribution in [-0.4, -0.2) is 75.0 Å². The number of guanidine groups is 1. The van der Waals surface area contributed by atoms with Crippen LogP contribution in [0.2, 0.25) is 0 Å². The standard InChI is InChI=1S/C20H32FN5O.HI/c1-22-20(24-13-11-16-7-9-17(21)10-8-16)23-12-5-15-26-14-4-6-18(26)19(27)25(2)3;/h7-10,18H,4-6,11-15H2,1-3H3,(H2,22,23,24);1H. The second-order valence-corrected chi connectivity index (χ2v) is 7.08. The van der Waals surface area contributed by atoms with Crippen molar-refractivity contribution in [3.63, 3.8) is 0 Å². The third kappa shape index (κ3) is 7.90. The molecule has 1 aliphatic heterocycles. The maximum absolute atomic E-state index is 12.9. The summed E-state index contributed by atoms with van der Waals surface area (Å²) in [6, 6.07) is 6.60. The van der Waals surface area contributed by atoms with E-state index in [4.69, 9.17) is 0 Å². The Morgan fingerprint density at radius 3 is 2.57 bits per heavy atom. The molecule has 1 aliphatic rings. The summed E-state index contributed by atoms with van der Waals surface area (Å²) < 4.78 is 12.9. The van der Waals surface area contributed by atoms with Crippen LogP contribution in [0.5, 0.6) is 0 Å². The molecule has 1 aromatic carbocycles. The molecule has 0 bridgehead atoms. The minimum Gasteiger partial charge on any atom is -0.356 e. The molecule has 6 nitrogen and oxygen atoms in total. The van der Waals surface area contributed by atoms with Crippen molar-refractivity contribution in [2.24, 2.45) is 4.99 Å². The van der Waals surface area contributed by atoms with Crippen molar-refractivity contribution in [2.45, 2.75) is 31.7 Å². The minimum atomic E-state index is -0.211. The average Bonchev–Trinajstić information content (AvgIpc) is 3.12. The maximum atomic E-state index is 12.9. The van der Waals surface area contributed by atoms with Crippen LogP contribution in [0.4, 0.5) is 4.39 Å². The molecule has 28 heavy (non-hydrogen) atoms. The van der Waals surface area contributed by atoms with Crippen LogP contribution in [0.3, 0.4) is 0 Å². The first-order valence-electron chi connectivity index (χ1n) is 9.65. The van der Waals surface area contributed by atoms with Crippen LogP contribution in [0.15, 0.2) is 29.3 Å². The number of hydrogen-bond acceptors (Lipinski definition) is 3. The second kappa shape index (κ2) is 12.9. The molecular weight excluding hydrogens is 472 g/mol. The summed E-state index contributed by atoms with van der Waals surface area (Å²) in [5.41, 5.74) is 1.09. The highest BCUT2D eigenvalue weighted by molar-refractivity contribution is 14.0. The molecule has 0 saturated carbocycles. The van der Waals surface area contributed by atoms with Crippen LogP contribution in [-0.2, 0) is 11.2 Å². The van der Waals surface area contributed by atoms with Gasteiger partial charge >= 0.3 is 0 Å². The Morgan fingerprint density at radius 2 is 1.93 bits per heavy atom. The summed E-state index contributed by atoms with van der Waals surface area (Å²) in [6.07, 6.45) is 3.81. The van der Waals surface area contributed by atoms with Crippen molar-refractivity contribution in [2.75, 3.05) is 47.3 Å². The Hall–Kier alpha value is -1.42. The van der Waals surface area contributed by atoms with Gasteiger partial charge in [-0.1, -0.05) is 12.1 Å². The SMILES string of the molecule is CN=C(NCCCN1CCCC1C(=O)N(C)C)NCCc1ccc(F)cc1.I. The average molecular weight is 505 g/mol. The number of carbonyl (C=O) groups excluding carboxylic acids is 1. The molecule has 1 aromatic rings. The number of benzene rings is 1. The lowest BCUT2D eigenvalue weighted by atomic mass is 10.1. The molecule has 8 heteroatoms. The first kappa shape index (κ1) is 24.6. The predicted octanol–water partition coefficient (Wildman–Crippen LogP) is 2.09. The van der Waals surface area contributed by atoms with Gasteiger partial charge in [-0.3, -0.25) is 14.7 Å².